The average molecular weight is 538 g/mol. The Bertz CT molecular complexity index is 819. The van der Waals surface area contributed by atoms with Crippen LogP contribution < -0.4 is 15.5 Å². The minimum absolute atomic E-state index is 0. The Balaban J connectivity index is 0.00000256. The third kappa shape index (κ3) is 6.51. The Morgan fingerprint density at radius 1 is 1.13 bits per heavy atom. The van der Waals surface area contributed by atoms with Crippen LogP contribution in [0.5, 0.6) is 0 Å². The Kier molecular flexibility index (Phi) is 8.68. The van der Waals surface area contributed by atoms with E-state index in [1.807, 2.05) is 18.0 Å². The largest absolute Gasteiger partial charge is 0.357 e. The molecule has 1 aromatic heterocycles. The number of thioether (sulfide) groups is 1. The number of guanidine groups is 1. The van der Waals surface area contributed by atoms with E-state index >= 15 is 0 Å². The highest BCUT2D eigenvalue weighted by Gasteiger charge is 2.43. The number of pyridine rings is 1. The lowest BCUT2D eigenvalue weighted by Gasteiger charge is -2.19. The van der Waals surface area contributed by atoms with Crippen molar-refractivity contribution in [3.05, 3.63) is 54.2 Å². The van der Waals surface area contributed by atoms with Crippen LogP contribution >= 0.6 is 35.7 Å². The van der Waals surface area contributed by atoms with Gasteiger partial charge in [-0.05, 0) is 62.4 Å². The second-order valence-corrected chi connectivity index (χ2v) is 9.40. The van der Waals surface area contributed by atoms with Crippen LogP contribution in [0.2, 0.25) is 0 Å². The number of anilines is 1. The summed E-state index contributed by atoms with van der Waals surface area (Å²) in [4.78, 5) is 13.1. The van der Waals surface area contributed by atoms with Crippen molar-refractivity contribution < 1.29 is 0 Å². The normalized spacial score (nSPS) is 17.4. The number of hydrogen-bond donors (Lipinski definition) is 2. The van der Waals surface area contributed by atoms with Crippen molar-refractivity contribution in [1.29, 1.82) is 0 Å². The molecule has 2 fully saturated rings. The fourth-order valence-corrected chi connectivity index (χ4v) is 4.87. The zero-order valence-corrected chi connectivity index (χ0v) is 20.8. The number of benzene rings is 1. The molecule has 1 aliphatic heterocycles. The zero-order chi connectivity index (χ0) is 19.9. The smallest absolute Gasteiger partial charge is 0.191 e. The second kappa shape index (κ2) is 11.2. The first-order valence-corrected chi connectivity index (χ1v) is 11.5. The number of rotatable bonds is 8. The molecule has 7 heteroatoms. The van der Waals surface area contributed by atoms with Crippen molar-refractivity contribution in [3.63, 3.8) is 0 Å². The van der Waals surface area contributed by atoms with Gasteiger partial charge in [0.25, 0.3) is 0 Å². The van der Waals surface area contributed by atoms with Crippen molar-refractivity contribution in [2.24, 2.45) is 4.99 Å². The molecule has 0 bridgehead atoms. The molecule has 2 aliphatic rings. The van der Waals surface area contributed by atoms with E-state index < -0.39 is 0 Å². The molecule has 5 nitrogen and oxygen atoms in total. The van der Waals surface area contributed by atoms with Gasteiger partial charge in [0.15, 0.2) is 5.96 Å². The molecule has 0 radical (unpaired) electrons. The minimum atomic E-state index is 0. The molecule has 0 unspecified atom stereocenters. The molecule has 2 aromatic rings. The van der Waals surface area contributed by atoms with E-state index in [1.165, 1.54) is 36.1 Å². The Morgan fingerprint density at radius 2 is 1.90 bits per heavy atom. The molecule has 4 rings (SSSR count). The van der Waals surface area contributed by atoms with E-state index in [0.29, 0.717) is 11.3 Å². The molecule has 1 saturated carbocycles. The summed E-state index contributed by atoms with van der Waals surface area (Å²) in [5.41, 5.74) is 1.21. The molecule has 162 valence electrons. The van der Waals surface area contributed by atoms with Crippen LogP contribution in [0.1, 0.15) is 38.2 Å². The number of halogens is 1. The van der Waals surface area contributed by atoms with Gasteiger partial charge in [-0.25, -0.2) is 9.98 Å². The first-order valence-electron chi connectivity index (χ1n) is 10.7. The summed E-state index contributed by atoms with van der Waals surface area (Å²) < 4.78 is 0.303. The van der Waals surface area contributed by atoms with Crippen LogP contribution in [0.15, 0.2) is 58.5 Å². The molecular weight excluding hydrogens is 505 g/mol. The highest BCUT2D eigenvalue weighted by Crippen LogP contribution is 2.51. The van der Waals surface area contributed by atoms with Crippen LogP contribution in [0.3, 0.4) is 0 Å². The number of aliphatic imine (C=N–C) groups is 1. The first kappa shape index (κ1) is 23.2. The van der Waals surface area contributed by atoms with Crippen LogP contribution in [0.4, 0.5) is 5.82 Å². The van der Waals surface area contributed by atoms with Gasteiger partial charge >= 0.3 is 0 Å². The molecule has 1 aromatic carbocycles. The van der Waals surface area contributed by atoms with Crippen molar-refractivity contribution in [2.75, 3.05) is 31.1 Å². The van der Waals surface area contributed by atoms with Crippen LogP contribution in [0.25, 0.3) is 0 Å². The lowest BCUT2D eigenvalue weighted by molar-refractivity contribution is 0.769. The molecule has 1 aliphatic carbocycles. The lowest BCUT2D eigenvalue weighted by Crippen LogP contribution is -2.41. The van der Waals surface area contributed by atoms with Gasteiger partial charge in [-0.2, -0.15) is 0 Å². The summed E-state index contributed by atoms with van der Waals surface area (Å²) in [6.07, 6.45) is 6.95. The predicted molar refractivity (Wildman–Crippen MR) is 138 cm³/mol. The maximum atomic E-state index is 4.83. The third-order valence-corrected chi connectivity index (χ3v) is 6.96. The summed E-state index contributed by atoms with van der Waals surface area (Å²) in [6, 6.07) is 15.0. The second-order valence-electron chi connectivity index (χ2n) is 7.86. The lowest BCUT2D eigenvalue weighted by atomic mass is 10.2. The van der Waals surface area contributed by atoms with Gasteiger partial charge in [0.05, 0.1) is 6.54 Å². The quantitative estimate of drug-likeness (QED) is 0.291. The number of nitrogens with one attached hydrogen (secondary N) is 2. The maximum absolute atomic E-state index is 4.83. The summed E-state index contributed by atoms with van der Waals surface area (Å²) >= 11 is 1.99. The Hall–Kier alpha value is -1.48. The van der Waals surface area contributed by atoms with E-state index in [9.17, 15) is 0 Å². The Morgan fingerprint density at radius 3 is 2.60 bits per heavy atom. The molecule has 0 spiro atoms. The van der Waals surface area contributed by atoms with E-state index in [4.69, 9.17) is 4.99 Å². The van der Waals surface area contributed by atoms with Gasteiger partial charge in [-0.1, -0.05) is 18.2 Å². The van der Waals surface area contributed by atoms with Gasteiger partial charge in [0, 0.05) is 42.0 Å². The van der Waals surface area contributed by atoms with E-state index in [1.54, 1.807) is 0 Å². The number of hydrogen-bond acceptors (Lipinski definition) is 4. The molecule has 2 N–H and O–H groups in total. The molecular formula is C23H32IN5S. The Labute approximate surface area is 201 Å². The molecule has 1 saturated heterocycles. The highest BCUT2D eigenvalue weighted by molar-refractivity contribution is 14.0. The van der Waals surface area contributed by atoms with Gasteiger partial charge in [0.1, 0.15) is 5.82 Å². The minimum Gasteiger partial charge on any atom is -0.357 e. The topological polar surface area (TPSA) is 52.6 Å². The summed E-state index contributed by atoms with van der Waals surface area (Å²) in [6.45, 7) is 6.81. The molecule has 0 atom stereocenters. The monoisotopic (exact) mass is 537 g/mol. The van der Waals surface area contributed by atoms with Gasteiger partial charge in [-0.15, -0.1) is 35.7 Å². The fourth-order valence-electron chi connectivity index (χ4n) is 3.63. The van der Waals surface area contributed by atoms with Crippen molar-refractivity contribution in [3.8, 4) is 0 Å². The van der Waals surface area contributed by atoms with E-state index in [2.05, 4.69) is 69.9 Å². The van der Waals surface area contributed by atoms with Gasteiger partial charge in [0.2, 0.25) is 0 Å². The highest BCUT2D eigenvalue weighted by atomic mass is 127. The van der Waals surface area contributed by atoms with Crippen LogP contribution in [0, 0.1) is 0 Å². The maximum Gasteiger partial charge on any atom is 0.191 e. The van der Waals surface area contributed by atoms with Crippen molar-refractivity contribution in [1.82, 2.24) is 15.6 Å². The SMILES string of the molecule is CCNC(=NCc1ccnc(N2CCCC2)c1)NCC1(Sc2ccccc2)CC1.I. The summed E-state index contributed by atoms with van der Waals surface area (Å²) in [5, 5.41) is 6.97. The summed E-state index contributed by atoms with van der Waals surface area (Å²) in [7, 11) is 0. The zero-order valence-electron chi connectivity index (χ0n) is 17.6. The first-order chi connectivity index (χ1) is 14.3. The average Bonchev–Trinajstić information content (AvgIpc) is 3.29. The molecule has 30 heavy (non-hydrogen) atoms. The van der Waals surface area contributed by atoms with E-state index in [-0.39, 0.29) is 24.0 Å². The van der Waals surface area contributed by atoms with E-state index in [0.717, 1.165) is 38.0 Å². The fraction of sp³-hybridized carbons (Fsp3) is 0.478. The molecule has 0 amide bonds. The van der Waals surface area contributed by atoms with Crippen LogP contribution in [-0.4, -0.2) is 41.9 Å². The number of nitrogens with zero attached hydrogens (tertiary/aromatic N) is 3. The predicted octanol–water partition coefficient (Wildman–Crippen LogP) is 4.68. The van der Waals surface area contributed by atoms with Crippen LogP contribution in [-0.2, 0) is 6.54 Å². The molecule has 2 heterocycles. The standard InChI is InChI=1S/C23H31N5S.HI/c1-2-24-22(27-18-23(11-12-23)29-20-8-4-3-5-9-20)26-17-19-10-13-25-21(16-19)28-14-6-7-15-28;/h3-5,8-10,13,16H,2,6-7,11-12,14-15,17-18H2,1H3,(H2,24,26,27);1H. The van der Waals surface area contributed by atoms with Gasteiger partial charge < -0.3 is 15.5 Å². The van der Waals surface area contributed by atoms with Gasteiger partial charge in [-0.3, -0.25) is 0 Å². The third-order valence-electron chi connectivity index (χ3n) is 5.47. The van der Waals surface area contributed by atoms with Crippen molar-refractivity contribution >= 4 is 47.5 Å². The van der Waals surface area contributed by atoms with Crippen molar-refractivity contribution in [2.45, 2.75) is 48.8 Å². The summed E-state index contributed by atoms with van der Waals surface area (Å²) in [5.74, 6) is 1.98. The number of aromatic nitrogens is 1.